The van der Waals surface area contributed by atoms with Crippen molar-refractivity contribution in [3.8, 4) is 23.0 Å². The lowest BCUT2D eigenvalue weighted by atomic mass is 9.91. The molecule has 3 aromatic rings. The zero-order chi connectivity index (χ0) is 26.3. The quantitative estimate of drug-likeness (QED) is 0.406. The van der Waals surface area contributed by atoms with Gasteiger partial charge in [-0.25, -0.2) is 9.97 Å². The Labute approximate surface area is 221 Å². The lowest BCUT2D eigenvalue weighted by Crippen LogP contribution is -2.61. The van der Waals surface area contributed by atoms with Crippen LogP contribution < -0.4 is 5.73 Å². The van der Waals surface area contributed by atoms with Gasteiger partial charge in [-0.3, -0.25) is 9.69 Å². The minimum Gasteiger partial charge on any atom is -0.390 e. The lowest BCUT2D eigenvalue weighted by molar-refractivity contribution is -0.132. The minimum atomic E-state index is -0.576. The molecular formula is C28H31ClN6O2. The van der Waals surface area contributed by atoms with Gasteiger partial charge in [-0.05, 0) is 50.0 Å². The smallest absolute Gasteiger partial charge is 0.246 e. The molecule has 3 N–H and O–H groups in total. The number of anilines is 1. The number of nitrogens with zero attached hydrogens (tertiary/aromatic N) is 5. The summed E-state index contributed by atoms with van der Waals surface area (Å²) in [6, 6.07) is 7.79. The van der Waals surface area contributed by atoms with Gasteiger partial charge in [0, 0.05) is 54.8 Å². The van der Waals surface area contributed by atoms with Crippen LogP contribution in [0.5, 0.6) is 0 Å². The number of fused-ring (bicyclic) bond motifs is 1. The molecular weight excluding hydrogens is 488 g/mol. The van der Waals surface area contributed by atoms with Gasteiger partial charge in [-0.2, -0.15) is 0 Å². The number of carbonyl (C=O) groups excluding carboxylic acids is 1. The fourth-order valence-corrected chi connectivity index (χ4v) is 5.53. The van der Waals surface area contributed by atoms with E-state index in [0.29, 0.717) is 23.9 Å². The summed E-state index contributed by atoms with van der Waals surface area (Å²) in [5.74, 6) is 7.40. The molecule has 0 saturated carbocycles. The highest BCUT2D eigenvalue weighted by Gasteiger charge is 2.38. The molecule has 0 radical (unpaired) electrons. The predicted octanol–water partition coefficient (Wildman–Crippen LogP) is 3.35. The molecule has 2 fully saturated rings. The van der Waals surface area contributed by atoms with Gasteiger partial charge in [-0.1, -0.05) is 36.2 Å². The number of rotatable bonds is 4. The highest BCUT2D eigenvalue weighted by Crippen LogP contribution is 2.38. The van der Waals surface area contributed by atoms with Crippen molar-refractivity contribution >= 4 is 34.4 Å². The number of hydrogen-bond donors (Lipinski definition) is 2. The summed E-state index contributed by atoms with van der Waals surface area (Å²) in [5, 5.41) is 12.1. The molecule has 1 amide bonds. The minimum absolute atomic E-state index is 0.0359. The molecule has 0 bridgehead atoms. The number of nitrogens with two attached hydrogens (primary N) is 1. The number of aliphatic hydroxyl groups excluding tert-OH is 1. The van der Waals surface area contributed by atoms with Crippen molar-refractivity contribution in [3.05, 3.63) is 54.0 Å². The highest BCUT2D eigenvalue weighted by molar-refractivity contribution is 6.30. The Morgan fingerprint density at radius 1 is 1.24 bits per heavy atom. The number of amides is 1. The van der Waals surface area contributed by atoms with E-state index in [2.05, 4.69) is 51.7 Å². The van der Waals surface area contributed by atoms with E-state index in [4.69, 9.17) is 17.3 Å². The van der Waals surface area contributed by atoms with Crippen LogP contribution in [-0.2, 0) is 4.79 Å². The number of benzene rings is 1. The molecule has 0 spiro atoms. The van der Waals surface area contributed by atoms with Gasteiger partial charge in [-0.15, -0.1) is 0 Å². The Balaban J connectivity index is 1.42. The maximum Gasteiger partial charge on any atom is 0.246 e. The number of piperidine rings is 1. The van der Waals surface area contributed by atoms with Gasteiger partial charge in [0.1, 0.15) is 23.5 Å². The molecule has 0 aliphatic carbocycles. The zero-order valence-electron chi connectivity index (χ0n) is 21.1. The number of nitrogen functional groups attached to an aromatic ring is 1. The van der Waals surface area contributed by atoms with Crippen molar-refractivity contribution in [2.75, 3.05) is 31.9 Å². The van der Waals surface area contributed by atoms with Crippen molar-refractivity contribution in [2.24, 2.45) is 5.92 Å². The molecule has 1 aromatic carbocycles. The number of aliphatic hydroxyl groups is 1. The summed E-state index contributed by atoms with van der Waals surface area (Å²) in [4.78, 5) is 24.6. The number of β-amino-alcohol motifs (C(OH)–C–C–N with tert-alkyl or cyclic N) is 1. The summed E-state index contributed by atoms with van der Waals surface area (Å²) < 4.78 is 2.12. The average molecular weight is 519 g/mol. The van der Waals surface area contributed by atoms with Crippen LogP contribution in [0, 0.1) is 17.8 Å². The maximum absolute atomic E-state index is 11.9. The first kappa shape index (κ1) is 25.3. The molecule has 2 atom stereocenters. The summed E-state index contributed by atoms with van der Waals surface area (Å²) >= 11 is 6.16. The Morgan fingerprint density at radius 3 is 2.62 bits per heavy atom. The van der Waals surface area contributed by atoms with E-state index < -0.39 is 6.10 Å². The first-order valence-electron chi connectivity index (χ1n) is 12.5. The molecule has 5 rings (SSSR count). The van der Waals surface area contributed by atoms with E-state index in [-0.39, 0.29) is 23.9 Å². The van der Waals surface area contributed by atoms with E-state index in [1.54, 1.807) is 4.90 Å². The molecule has 2 saturated heterocycles. The van der Waals surface area contributed by atoms with Crippen LogP contribution in [0.1, 0.15) is 32.0 Å². The van der Waals surface area contributed by atoms with E-state index in [1.165, 1.54) is 12.4 Å². The van der Waals surface area contributed by atoms with Crippen molar-refractivity contribution in [1.82, 2.24) is 24.3 Å². The van der Waals surface area contributed by atoms with Gasteiger partial charge in [0.25, 0.3) is 0 Å². The molecule has 9 heteroatoms. The number of carbonyl (C=O) groups is 1. The predicted molar refractivity (Wildman–Crippen MR) is 146 cm³/mol. The summed E-state index contributed by atoms with van der Waals surface area (Å²) in [6.45, 7) is 10.3. The van der Waals surface area contributed by atoms with Gasteiger partial charge >= 0.3 is 0 Å². The Hall–Kier alpha value is -3.38. The third kappa shape index (κ3) is 4.71. The van der Waals surface area contributed by atoms with Crippen LogP contribution in [0.15, 0.2) is 43.2 Å². The number of aromatic nitrogens is 3. The molecule has 2 aromatic heterocycles. The van der Waals surface area contributed by atoms with Crippen molar-refractivity contribution in [3.63, 3.8) is 0 Å². The topological polar surface area (TPSA) is 101 Å². The number of likely N-dealkylation sites (tertiary alicyclic amines) is 2. The average Bonchev–Trinajstić information content (AvgIpc) is 3.19. The van der Waals surface area contributed by atoms with Crippen LogP contribution in [0.4, 0.5) is 5.82 Å². The third-order valence-corrected chi connectivity index (χ3v) is 7.52. The normalized spacial score (nSPS) is 20.5. The standard InChI is InChI=1S/C28H31ClN6O2/c1-4-24(37)33-12-11-21(23(36)15-33)34-13-18(14-34)5-10-22-25(19-6-8-20(29)9-7-19)26-27(30)31-16-32-28(26)35(22)17(2)3/h4,6-9,16-18,21,23,36H,1,11-15H2,2-3H3,(H2,30,31,32)/t21-,23+/m1/s1. The second-order valence-corrected chi connectivity index (χ2v) is 10.4. The SMILES string of the molecule is C=CC(=O)N1CC[C@@H](N2CC(C#Cc3c(-c4ccc(Cl)cc4)c4c(N)ncnc4n3C(C)C)C2)[C@@H](O)C1. The van der Waals surface area contributed by atoms with Crippen LogP contribution in [0.25, 0.3) is 22.2 Å². The Bertz CT molecular complexity index is 1400. The summed E-state index contributed by atoms with van der Waals surface area (Å²) in [7, 11) is 0. The first-order chi connectivity index (χ1) is 17.8. The van der Waals surface area contributed by atoms with Gasteiger partial charge in [0.2, 0.25) is 5.91 Å². The fourth-order valence-electron chi connectivity index (χ4n) is 5.40. The largest absolute Gasteiger partial charge is 0.390 e. The van der Waals surface area contributed by atoms with Crippen LogP contribution in [0.2, 0.25) is 5.02 Å². The first-order valence-corrected chi connectivity index (χ1v) is 12.9. The van der Waals surface area contributed by atoms with E-state index in [0.717, 1.165) is 47.4 Å². The zero-order valence-corrected chi connectivity index (χ0v) is 21.8. The van der Waals surface area contributed by atoms with Crippen LogP contribution in [-0.4, -0.2) is 73.7 Å². The molecule has 4 heterocycles. The van der Waals surface area contributed by atoms with Gasteiger partial charge < -0.3 is 20.3 Å². The maximum atomic E-state index is 11.9. The number of hydrogen-bond acceptors (Lipinski definition) is 6. The third-order valence-electron chi connectivity index (χ3n) is 7.27. The highest BCUT2D eigenvalue weighted by atomic mass is 35.5. The summed E-state index contributed by atoms with van der Waals surface area (Å²) in [5.41, 5.74) is 9.84. The summed E-state index contributed by atoms with van der Waals surface area (Å²) in [6.07, 6.45) is 2.95. The van der Waals surface area contributed by atoms with E-state index in [1.807, 2.05) is 24.3 Å². The van der Waals surface area contributed by atoms with Gasteiger partial charge in [0.05, 0.1) is 11.5 Å². The van der Waals surface area contributed by atoms with Crippen LogP contribution >= 0.6 is 11.6 Å². The molecule has 8 nitrogen and oxygen atoms in total. The van der Waals surface area contributed by atoms with Gasteiger partial charge in [0.15, 0.2) is 0 Å². The van der Waals surface area contributed by atoms with Crippen molar-refractivity contribution in [2.45, 2.75) is 38.5 Å². The lowest BCUT2D eigenvalue weighted by Gasteiger charge is -2.47. The Kier molecular flexibility index (Phi) is 6.95. The molecule has 2 aliphatic rings. The second-order valence-electron chi connectivity index (χ2n) is 9.98. The molecule has 37 heavy (non-hydrogen) atoms. The fraction of sp³-hybridized carbons (Fsp3) is 0.393. The second kappa shape index (κ2) is 10.2. The van der Waals surface area contributed by atoms with Crippen LogP contribution in [0.3, 0.4) is 0 Å². The van der Waals surface area contributed by atoms with Crippen molar-refractivity contribution in [1.29, 1.82) is 0 Å². The Morgan fingerprint density at radius 2 is 1.97 bits per heavy atom. The monoisotopic (exact) mass is 518 g/mol. The molecule has 0 unspecified atom stereocenters. The van der Waals surface area contributed by atoms with E-state index in [9.17, 15) is 9.90 Å². The number of halogens is 1. The molecule has 192 valence electrons. The van der Waals surface area contributed by atoms with E-state index >= 15 is 0 Å². The molecule has 2 aliphatic heterocycles. The van der Waals surface area contributed by atoms with Crippen molar-refractivity contribution < 1.29 is 9.90 Å².